The molecule has 10 heteroatoms. The second kappa shape index (κ2) is 9.19. The van der Waals surface area contributed by atoms with Crippen LogP contribution < -0.4 is 5.32 Å². The summed E-state index contributed by atoms with van der Waals surface area (Å²) in [5.41, 5.74) is 0.860. The molecule has 1 aromatic carbocycles. The van der Waals surface area contributed by atoms with Gasteiger partial charge in [0.05, 0.1) is 15.5 Å². The number of aromatic nitrogens is 1. The first kappa shape index (κ1) is 21.5. The number of benzene rings is 1. The van der Waals surface area contributed by atoms with E-state index in [1.54, 1.807) is 35.2 Å². The first-order chi connectivity index (χ1) is 14.5. The fourth-order valence-corrected chi connectivity index (χ4v) is 6.68. The van der Waals surface area contributed by atoms with Crippen LogP contribution in [0.1, 0.15) is 12.8 Å². The number of sulfonamides is 1. The average molecular weight is 480 g/mol. The summed E-state index contributed by atoms with van der Waals surface area (Å²) in [4.78, 5) is 19.5. The van der Waals surface area contributed by atoms with Gasteiger partial charge in [0.25, 0.3) is 0 Å². The van der Waals surface area contributed by atoms with Crippen molar-refractivity contribution in [3.05, 3.63) is 47.2 Å². The number of rotatable bonds is 6. The quantitative estimate of drug-likeness (QED) is 0.522. The summed E-state index contributed by atoms with van der Waals surface area (Å²) in [5, 5.41) is 7.39. The lowest BCUT2D eigenvalue weighted by molar-refractivity contribution is -0.120. The normalized spacial score (nSPS) is 15.9. The van der Waals surface area contributed by atoms with Crippen molar-refractivity contribution in [1.29, 1.82) is 0 Å². The topological polar surface area (TPSA) is 79.4 Å². The minimum absolute atomic E-state index is 0.0940. The lowest BCUT2D eigenvalue weighted by Gasteiger charge is -2.30. The van der Waals surface area contributed by atoms with Gasteiger partial charge < -0.3 is 5.32 Å². The summed E-state index contributed by atoms with van der Waals surface area (Å²) in [6.45, 7) is 0.673. The maximum absolute atomic E-state index is 12.9. The third-order valence-corrected chi connectivity index (χ3v) is 9.34. The van der Waals surface area contributed by atoms with Crippen LogP contribution in [0.3, 0.4) is 0 Å². The summed E-state index contributed by atoms with van der Waals surface area (Å²) in [5.74, 6) is -0.312. The third kappa shape index (κ3) is 4.62. The van der Waals surface area contributed by atoms with Crippen molar-refractivity contribution < 1.29 is 13.2 Å². The Bertz CT molecular complexity index is 1100. The molecule has 1 N–H and O–H groups in total. The Hall–Kier alpha value is -1.72. The predicted molar refractivity (Wildman–Crippen MR) is 124 cm³/mol. The van der Waals surface area contributed by atoms with Gasteiger partial charge in [0.15, 0.2) is 5.13 Å². The molecule has 3 aromatic rings. The molecule has 30 heavy (non-hydrogen) atoms. The number of nitrogens with zero attached hydrogens (tertiary/aromatic N) is 2. The van der Waals surface area contributed by atoms with Gasteiger partial charge in [-0.2, -0.15) is 4.31 Å². The molecule has 0 aliphatic carbocycles. The number of thiophene rings is 1. The van der Waals surface area contributed by atoms with Crippen LogP contribution in [0.2, 0.25) is 0 Å². The lowest BCUT2D eigenvalue weighted by Crippen LogP contribution is -2.41. The van der Waals surface area contributed by atoms with Crippen molar-refractivity contribution in [2.75, 3.05) is 24.7 Å². The van der Waals surface area contributed by atoms with E-state index in [0.717, 1.165) is 15.5 Å². The lowest BCUT2D eigenvalue weighted by atomic mass is 9.97. The fourth-order valence-electron chi connectivity index (χ4n) is 3.33. The van der Waals surface area contributed by atoms with Crippen molar-refractivity contribution >= 4 is 55.5 Å². The number of nitrogens with one attached hydrogen (secondary N) is 1. The van der Waals surface area contributed by atoms with Crippen LogP contribution in [0.5, 0.6) is 0 Å². The molecule has 1 aliphatic rings. The minimum atomic E-state index is -3.53. The molecule has 1 saturated heterocycles. The maximum atomic E-state index is 12.9. The Kier molecular flexibility index (Phi) is 6.59. The number of thiazole rings is 1. The van der Waals surface area contributed by atoms with Gasteiger partial charge in [-0.05, 0) is 54.8 Å². The Balaban J connectivity index is 1.35. The molecule has 6 nitrogen and oxygen atoms in total. The average Bonchev–Trinajstić information content (AvgIpc) is 3.46. The zero-order valence-corrected chi connectivity index (χ0v) is 19.5. The number of carbonyl (C=O) groups excluding carboxylic acids is 1. The standard InChI is InChI=1S/C20H21N3O3S4/c1-27-15-4-6-16(7-5-15)30(25,26)23-10-8-14(9-11-23)19(24)22-20-21-17(13-29-20)18-3-2-12-28-18/h2-7,12-14H,8-11H2,1H3,(H,21,22,24). The fraction of sp³-hybridized carbons (Fsp3) is 0.300. The summed E-state index contributed by atoms with van der Waals surface area (Å²) >= 11 is 4.58. The highest BCUT2D eigenvalue weighted by atomic mass is 32.2. The molecule has 0 radical (unpaired) electrons. The maximum Gasteiger partial charge on any atom is 0.243 e. The number of thioether (sulfide) groups is 1. The zero-order valence-electron chi connectivity index (χ0n) is 16.3. The van der Waals surface area contributed by atoms with Crippen LogP contribution in [0.25, 0.3) is 10.6 Å². The Morgan fingerprint density at radius 1 is 1.17 bits per heavy atom. The highest BCUT2D eigenvalue weighted by Crippen LogP contribution is 2.30. The first-order valence-corrected chi connectivity index (χ1v) is 13.8. The highest BCUT2D eigenvalue weighted by Gasteiger charge is 2.32. The molecule has 1 aliphatic heterocycles. The number of piperidine rings is 1. The van der Waals surface area contributed by atoms with E-state index in [-0.39, 0.29) is 11.8 Å². The van der Waals surface area contributed by atoms with Gasteiger partial charge in [-0.3, -0.25) is 4.79 Å². The molecule has 0 spiro atoms. The van der Waals surface area contributed by atoms with E-state index in [1.807, 2.05) is 41.3 Å². The zero-order chi connectivity index (χ0) is 21.1. The molecule has 0 unspecified atom stereocenters. The summed E-state index contributed by atoms with van der Waals surface area (Å²) in [7, 11) is -3.53. The predicted octanol–water partition coefficient (Wildman–Crippen LogP) is 4.63. The molecular formula is C20H21N3O3S4. The largest absolute Gasteiger partial charge is 0.302 e. The number of carbonyl (C=O) groups is 1. The Morgan fingerprint density at radius 3 is 2.53 bits per heavy atom. The molecule has 0 saturated carbocycles. The molecule has 4 rings (SSSR count). The molecule has 1 amide bonds. The van der Waals surface area contributed by atoms with E-state index in [9.17, 15) is 13.2 Å². The number of hydrogen-bond acceptors (Lipinski definition) is 7. The summed E-state index contributed by atoms with van der Waals surface area (Å²) < 4.78 is 27.2. The summed E-state index contributed by atoms with van der Waals surface area (Å²) in [6, 6.07) is 10.9. The Labute approximate surface area is 188 Å². The van der Waals surface area contributed by atoms with E-state index < -0.39 is 10.0 Å². The Morgan fingerprint density at radius 2 is 1.90 bits per heavy atom. The first-order valence-electron chi connectivity index (χ1n) is 9.42. The van der Waals surface area contributed by atoms with Crippen molar-refractivity contribution in [2.24, 2.45) is 5.92 Å². The van der Waals surface area contributed by atoms with Crippen LogP contribution in [0.4, 0.5) is 5.13 Å². The third-order valence-electron chi connectivity index (χ3n) is 5.03. The molecule has 158 valence electrons. The summed E-state index contributed by atoms with van der Waals surface area (Å²) in [6.07, 6.45) is 2.95. The van der Waals surface area contributed by atoms with Crippen molar-refractivity contribution in [1.82, 2.24) is 9.29 Å². The second-order valence-electron chi connectivity index (χ2n) is 6.86. The smallest absolute Gasteiger partial charge is 0.243 e. The van der Waals surface area contributed by atoms with E-state index in [1.165, 1.54) is 15.6 Å². The van der Waals surface area contributed by atoms with Gasteiger partial charge in [0, 0.05) is 29.3 Å². The molecule has 2 aromatic heterocycles. The van der Waals surface area contributed by atoms with Gasteiger partial charge in [-0.25, -0.2) is 13.4 Å². The highest BCUT2D eigenvalue weighted by molar-refractivity contribution is 7.98. The van der Waals surface area contributed by atoms with Crippen molar-refractivity contribution in [2.45, 2.75) is 22.6 Å². The number of amides is 1. The van der Waals surface area contributed by atoms with E-state index in [0.29, 0.717) is 36.0 Å². The molecule has 3 heterocycles. The van der Waals surface area contributed by atoms with Gasteiger partial charge >= 0.3 is 0 Å². The number of anilines is 1. The van der Waals surface area contributed by atoms with E-state index in [2.05, 4.69) is 10.3 Å². The van der Waals surface area contributed by atoms with Crippen LogP contribution in [-0.4, -0.2) is 43.0 Å². The van der Waals surface area contributed by atoms with Crippen molar-refractivity contribution in [3.63, 3.8) is 0 Å². The van der Waals surface area contributed by atoms with Crippen molar-refractivity contribution in [3.8, 4) is 10.6 Å². The van der Waals surface area contributed by atoms with Gasteiger partial charge in [-0.15, -0.1) is 34.4 Å². The monoisotopic (exact) mass is 479 g/mol. The van der Waals surface area contributed by atoms with Crippen LogP contribution in [0.15, 0.2) is 56.9 Å². The number of hydrogen-bond donors (Lipinski definition) is 1. The SMILES string of the molecule is CSc1ccc(S(=O)(=O)N2CCC(C(=O)Nc3nc(-c4cccs4)cs3)CC2)cc1. The van der Waals surface area contributed by atoms with E-state index >= 15 is 0 Å². The molecule has 0 bridgehead atoms. The minimum Gasteiger partial charge on any atom is -0.302 e. The van der Waals surface area contributed by atoms with Gasteiger partial charge in [0.2, 0.25) is 15.9 Å². The van der Waals surface area contributed by atoms with Crippen LogP contribution >= 0.6 is 34.4 Å². The van der Waals surface area contributed by atoms with E-state index in [4.69, 9.17) is 0 Å². The van der Waals surface area contributed by atoms with Gasteiger partial charge in [0.1, 0.15) is 0 Å². The van der Waals surface area contributed by atoms with Crippen LogP contribution in [-0.2, 0) is 14.8 Å². The second-order valence-corrected chi connectivity index (χ2v) is 11.5. The van der Waals surface area contributed by atoms with Gasteiger partial charge in [-0.1, -0.05) is 6.07 Å². The molecular weight excluding hydrogens is 459 g/mol. The molecule has 1 fully saturated rings. The van der Waals surface area contributed by atoms with Crippen LogP contribution in [0, 0.1) is 5.92 Å². The molecule has 0 atom stereocenters.